The highest BCUT2D eigenvalue weighted by atomic mass is 35.5. The fourth-order valence-electron chi connectivity index (χ4n) is 3.85. The third-order valence-electron chi connectivity index (χ3n) is 6.20. The van der Waals surface area contributed by atoms with Crippen LogP contribution in [-0.4, -0.2) is 10.9 Å². The van der Waals surface area contributed by atoms with Gasteiger partial charge in [-0.3, -0.25) is 9.78 Å². The van der Waals surface area contributed by atoms with Gasteiger partial charge < -0.3 is 5.32 Å². The number of hydrogen-bond donors (Lipinski definition) is 1. The minimum atomic E-state index is -0.449. The summed E-state index contributed by atoms with van der Waals surface area (Å²) < 4.78 is 0. The summed E-state index contributed by atoms with van der Waals surface area (Å²) in [5.74, 6) is 0.00835. The highest BCUT2D eigenvalue weighted by Gasteiger charge is 2.27. The Labute approximate surface area is 194 Å². The predicted octanol–water partition coefficient (Wildman–Crippen LogP) is 7.44. The van der Waals surface area contributed by atoms with Gasteiger partial charge in [0, 0.05) is 27.9 Å². The highest BCUT2D eigenvalue weighted by Crippen LogP contribution is 2.38. The molecule has 3 nitrogen and oxygen atoms in total. The SMILES string of the molecule is CCC(C)(C)C(=O)Nc1ccc(C(c2ccccc2)c2ccc(Cl)cc2)c2cccnc12. The van der Waals surface area contributed by atoms with Crippen LogP contribution in [0.5, 0.6) is 0 Å². The van der Waals surface area contributed by atoms with Gasteiger partial charge in [-0.2, -0.15) is 0 Å². The summed E-state index contributed by atoms with van der Waals surface area (Å²) in [6.45, 7) is 5.94. The molecule has 1 heterocycles. The number of carbonyl (C=O) groups excluding carboxylic acids is 1. The van der Waals surface area contributed by atoms with Gasteiger partial charge in [-0.25, -0.2) is 0 Å². The first-order chi connectivity index (χ1) is 15.4. The fourth-order valence-corrected chi connectivity index (χ4v) is 3.98. The molecule has 1 atom stereocenters. The predicted molar refractivity (Wildman–Crippen MR) is 133 cm³/mol. The van der Waals surface area contributed by atoms with Crippen LogP contribution in [0.4, 0.5) is 5.69 Å². The molecular formula is C28H27ClN2O. The van der Waals surface area contributed by atoms with E-state index in [0.29, 0.717) is 5.02 Å². The minimum Gasteiger partial charge on any atom is -0.324 e. The van der Waals surface area contributed by atoms with E-state index in [1.165, 1.54) is 5.56 Å². The molecule has 0 bridgehead atoms. The maximum Gasteiger partial charge on any atom is 0.230 e. The van der Waals surface area contributed by atoms with Crippen LogP contribution in [0, 0.1) is 5.41 Å². The van der Waals surface area contributed by atoms with E-state index in [0.717, 1.165) is 34.1 Å². The first-order valence-corrected chi connectivity index (χ1v) is 11.3. The normalized spacial score (nSPS) is 12.5. The van der Waals surface area contributed by atoms with E-state index in [9.17, 15) is 4.79 Å². The molecule has 1 unspecified atom stereocenters. The summed E-state index contributed by atoms with van der Waals surface area (Å²) in [5.41, 5.74) is 4.54. The number of amides is 1. The number of fused-ring (bicyclic) bond motifs is 1. The Bertz CT molecular complexity index is 1230. The number of halogens is 1. The average Bonchev–Trinajstić information content (AvgIpc) is 2.82. The zero-order chi connectivity index (χ0) is 22.7. The van der Waals surface area contributed by atoms with Crippen LogP contribution in [0.3, 0.4) is 0 Å². The molecule has 1 amide bonds. The molecule has 3 aromatic carbocycles. The Kier molecular flexibility index (Phi) is 6.29. The first-order valence-electron chi connectivity index (χ1n) is 10.9. The molecule has 32 heavy (non-hydrogen) atoms. The number of benzene rings is 3. The molecule has 0 aliphatic rings. The third-order valence-corrected chi connectivity index (χ3v) is 6.45. The van der Waals surface area contributed by atoms with E-state index >= 15 is 0 Å². The van der Waals surface area contributed by atoms with Gasteiger partial charge in [0.05, 0.1) is 11.2 Å². The van der Waals surface area contributed by atoms with Gasteiger partial charge in [0.1, 0.15) is 0 Å². The molecule has 1 aromatic heterocycles. The molecule has 0 spiro atoms. The van der Waals surface area contributed by atoms with Crippen LogP contribution in [0.1, 0.15) is 49.8 Å². The molecule has 0 saturated heterocycles. The zero-order valence-corrected chi connectivity index (χ0v) is 19.4. The quantitative estimate of drug-likeness (QED) is 0.315. The summed E-state index contributed by atoms with van der Waals surface area (Å²) in [4.78, 5) is 17.5. The van der Waals surface area contributed by atoms with Gasteiger partial charge in [0.2, 0.25) is 5.91 Å². The Balaban J connectivity index is 1.87. The number of nitrogens with one attached hydrogen (secondary N) is 1. The van der Waals surface area contributed by atoms with Gasteiger partial charge >= 0.3 is 0 Å². The lowest BCUT2D eigenvalue weighted by molar-refractivity contribution is -0.124. The zero-order valence-electron chi connectivity index (χ0n) is 18.6. The van der Waals surface area contributed by atoms with Gasteiger partial charge in [0.15, 0.2) is 0 Å². The van der Waals surface area contributed by atoms with Crippen molar-refractivity contribution in [3.63, 3.8) is 0 Å². The molecular weight excluding hydrogens is 416 g/mol. The van der Waals surface area contributed by atoms with Crippen LogP contribution in [-0.2, 0) is 4.79 Å². The van der Waals surface area contributed by atoms with E-state index in [1.54, 1.807) is 6.20 Å². The number of hydrogen-bond acceptors (Lipinski definition) is 2. The van der Waals surface area contributed by atoms with Crippen molar-refractivity contribution >= 4 is 34.1 Å². The van der Waals surface area contributed by atoms with Crippen molar-refractivity contribution in [2.75, 3.05) is 5.32 Å². The molecule has 0 radical (unpaired) electrons. The minimum absolute atomic E-state index is 0.00277. The van der Waals surface area contributed by atoms with E-state index < -0.39 is 5.41 Å². The second kappa shape index (κ2) is 9.13. The van der Waals surface area contributed by atoms with Gasteiger partial charge in [0.25, 0.3) is 0 Å². The maximum absolute atomic E-state index is 12.9. The van der Waals surface area contributed by atoms with Crippen molar-refractivity contribution in [1.29, 1.82) is 0 Å². The average molecular weight is 443 g/mol. The number of aromatic nitrogens is 1. The van der Waals surface area contributed by atoms with Crippen molar-refractivity contribution in [2.24, 2.45) is 5.41 Å². The van der Waals surface area contributed by atoms with Crippen LogP contribution >= 0.6 is 11.6 Å². The summed E-state index contributed by atoms with van der Waals surface area (Å²) in [6, 6.07) is 26.5. The van der Waals surface area contributed by atoms with Crippen molar-refractivity contribution in [1.82, 2.24) is 4.98 Å². The van der Waals surface area contributed by atoms with E-state index in [4.69, 9.17) is 11.6 Å². The van der Waals surface area contributed by atoms with E-state index in [1.807, 2.05) is 51.1 Å². The molecule has 0 fully saturated rings. The van der Waals surface area contributed by atoms with Gasteiger partial charge in [-0.05, 0) is 47.4 Å². The summed E-state index contributed by atoms with van der Waals surface area (Å²) in [6.07, 6.45) is 2.53. The Hall–Kier alpha value is -3.17. The largest absolute Gasteiger partial charge is 0.324 e. The Morgan fingerprint density at radius 1 is 0.938 bits per heavy atom. The van der Waals surface area contributed by atoms with E-state index in [2.05, 4.69) is 58.8 Å². The molecule has 0 aliphatic heterocycles. The number of pyridine rings is 1. The third kappa shape index (κ3) is 4.39. The van der Waals surface area contributed by atoms with Crippen LogP contribution in [0.2, 0.25) is 5.02 Å². The number of rotatable bonds is 6. The van der Waals surface area contributed by atoms with Crippen molar-refractivity contribution < 1.29 is 4.79 Å². The Morgan fingerprint density at radius 3 is 2.31 bits per heavy atom. The molecule has 4 aromatic rings. The summed E-state index contributed by atoms with van der Waals surface area (Å²) in [7, 11) is 0. The lowest BCUT2D eigenvalue weighted by atomic mass is 9.83. The topological polar surface area (TPSA) is 42.0 Å². The lowest BCUT2D eigenvalue weighted by Crippen LogP contribution is -2.30. The smallest absolute Gasteiger partial charge is 0.230 e. The van der Waals surface area contributed by atoms with Gasteiger partial charge in [-0.1, -0.05) is 87.0 Å². The summed E-state index contributed by atoms with van der Waals surface area (Å²) in [5, 5.41) is 4.84. The van der Waals surface area contributed by atoms with E-state index in [-0.39, 0.29) is 11.8 Å². The van der Waals surface area contributed by atoms with Crippen molar-refractivity contribution in [2.45, 2.75) is 33.1 Å². The van der Waals surface area contributed by atoms with Crippen molar-refractivity contribution in [3.8, 4) is 0 Å². The fraction of sp³-hybridized carbons (Fsp3) is 0.214. The standard InChI is InChI=1S/C28H27ClN2O/c1-4-28(2,3)27(32)31-24-17-16-22(23-11-8-18-30-26(23)24)25(19-9-6-5-7-10-19)20-12-14-21(29)15-13-20/h5-18,25H,4H2,1-3H3,(H,31,32). The molecule has 4 heteroatoms. The van der Waals surface area contributed by atoms with Crippen LogP contribution < -0.4 is 5.32 Å². The van der Waals surface area contributed by atoms with Crippen LogP contribution in [0.25, 0.3) is 10.9 Å². The second-order valence-corrected chi connectivity index (χ2v) is 9.13. The molecule has 0 saturated carbocycles. The number of anilines is 1. The lowest BCUT2D eigenvalue weighted by Gasteiger charge is -2.24. The highest BCUT2D eigenvalue weighted by molar-refractivity contribution is 6.30. The monoisotopic (exact) mass is 442 g/mol. The number of nitrogens with zero attached hydrogens (tertiary/aromatic N) is 1. The number of carbonyl (C=O) groups is 1. The first kappa shape index (κ1) is 22.0. The molecule has 162 valence electrons. The molecule has 0 aliphatic carbocycles. The maximum atomic E-state index is 12.9. The van der Waals surface area contributed by atoms with Crippen molar-refractivity contribution in [3.05, 3.63) is 107 Å². The van der Waals surface area contributed by atoms with Gasteiger partial charge in [-0.15, -0.1) is 0 Å². The molecule has 4 rings (SSSR count). The molecule has 1 N–H and O–H groups in total. The Morgan fingerprint density at radius 2 is 1.62 bits per heavy atom. The summed E-state index contributed by atoms with van der Waals surface area (Å²) >= 11 is 6.17. The van der Waals surface area contributed by atoms with Crippen LogP contribution in [0.15, 0.2) is 85.1 Å². The second-order valence-electron chi connectivity index (χ2n) is 8.69.